The second kappa shape index (κ2) is 11.4. The molecular weight excluding hydrogens is 366 g/mol. The largest absolute Gasteiger partial charge is 0.440 e. The van der Waals surface area contributed by atoms with Crippen LogP contribution in [0.2, 0.25) is 0 Å². The van der Waals surface area contributed by atoms with E-state index in [4.69, 9.17) is 4.42 Å². The molecule has 0 aromatic carbocycles. The van der Waals surface area contributed by atoms with Gasteiger partial charge in [0, 0.05) is 24.6 Å². The summed E-state index contributed by atoms with van der Waals surface area (Å²) in [7, 11) is 0. The zero-order valence-electron chi connectivity index (χ0n) is 13.4. The van der Waals surface area contributed by atoms with Crippen LogP contribution in [0.1, 0.15) is 12.2 Å². The first kappa shape index (κ1) is 19.1. The lowest BCUT2D eigenvalue weighted by atomic mass is 10.5. The van der Waals surface area contributed by atoms with Gasteiger partial charge < -0.3 is 15.1 Å². The number of aromatic amines is 1. The first-order chi connectivity index (χ1) is 12.2. The van der Waals surface area contributed by atoms with Crippen molar-refractivity contribution in [3.8, 4) is 0 Å². The summed E-state index contributed by atoms with van der Waals surface area (Å²) in [5.41, 5.74) is 0. The maximum atomic E-state index is 10.7. The zero-order valence-corrected chi connectivity index (χ0v) is 15.0. The minimum atomic E-state index is -0.474. The minimum Gasteiger partial charge on any atom is -0.440 e. The van der Waals surface area contributed by atoms with Gasteiger partial charge in [-0.05, 0) is 6.42 Å². The van der Waals surface area contributed by atoms with Gasteiger partial charge in [-0.25, -0.2) is 9.97 Å². The molecule has 25 heavy (non-hydrogen) atoms. The van der Waals surface area contributed by atoms with Crippen LogP contribution in [0.5, 0.6) is 0 Å². The second-order valence-electron chi connectivity index (χ2n) is 4.67. The molecule has 0 saturated carbocycles. The van der Waals surface area contributed by atoms with Crippen molar-refractivity contribution in [3.63, 3.8) is 0 Å². The predicted molar refractivity (Wildman–Crippen MR) is 95.5 cm³/mol. The van der Waals surface area contributed by atoms with E-state index in [0.29, 0.717) is 24.1 Å². The zero-order chi connectivity index (χ0) is 17.7. The molecule has 0 aliphatic rings. The predicted octanol–water partition coefficient (Wildman–Crippen LogP) is 1.46. The molecular formula is C13H19N7O3S2. The molecule has 136 valence electrons. The van der Waals surface area contributed by atoms with Gasteiger partial charge in [0.25, 0.3) is 11.4 Å². The number of thioether (sulfide) groups is 2. The Morgan fingerprint density at radius 1 is 1.36 bits per heavy atom. The smallest absolute Gasteiger partial charge is 0.274 e. The van der Waals surface area contributed by atoms with Crippen molar-refractivity contribution < 1.29 is 9.34 Å². The summed E-state index contributed by atoms with van der Waals surface area (Å²) in [4.78, 5) is 18.3. The van der Waals surface area contributed by atoms with Crippen LogP contribution < -0.4 is 10.6 Å². The average molecular weight is 385 g/mol. The number of aromatic nitrogens is 4. The van der Waals surface area contributed by atoms with Gasteiger partial charge in [-0.2, -0.15) is 16.9 Å². The van der Waals surface area contributed by atoms with Gasteiger partial charge in [-0.1, -0.05) is 11.8 Å². The van der Waals surface area contributed by atoms with Crippen molar-refractivity contribution in [2.75, 3.05) is 24.6 Å². The maximum Gasteiger partial charge on any atom is 0.274 e. The molecule has 0 spiro atoms. The van der Waals surface area contributed by atoms with Crippen LogP contribution in [0, 0.1) is 10.1 Å². The summed E-state index contributed by atoms with van der Waals surface area (Å²) in [5, 5.41) is 24.0. The van der Waals surface area contributed by atoms with E-state index in [9.17, 15) is 10.1 Å². The molecule has 2 heterocycles. The summed E-state index contributed by atoms with van der Waals surface area (Å²) in [5.74, 6) is 3.55. The Labute approximate surface area is 152 Å². The van der Waals surface area contributed by atoms with Gasteiger partial charge in [0.2, 0.25) is 0 Å². The van der Waals surface area contributed by atoms with Crippen molar-refractivity contribution >= 4 is 23.5 Å². The summed E-state index contributed by atoms with van der Waals surface area (Å²) in [6.45, 7) is 1.22. The van der Waals surface area contributed by atoms with Gasteiger partial charge in [-0.15, -0.1) is 0 Å². The number of rotatable bonds is 13. The SMILES string of the molecule is O=[N+]([O-])C=C(NCCCSc1ncco1)NCCSCc1ncn[nH]1. The summed E-state index contributed by atoms with van der Waals surface area (Å²) in [6, 6.07) is 0. The highest BCUT2D eigenvalue weighted by molar-refractivity contribution is 7.99. The Bertz CT molecular complexity index is 588. The van der Waals surface area contributed by atoms with Crippen LogP contribution in [0.3, 0.4) is 0 Å². The third-order valence-electron chi connectivity index (χ3n) is 2.77. The molecule has 0 atom stereocenters. The van der Waals surface area contributed by atoms with Crippen molar-refractivity contribution in [1.82, 2.24) is 30.8 Å². The van der Waals surface area contributed by atoms with E-state index in [1.54, 1.807) is 18.0 Å². The molecule has 0 saturated heterocycles. The van der Waals surface area contributed by atoms with Crippen molar-refractivity contribution in [1.29, 1.82) is 0 Å². The molecule has 2 aromatic heterocycles. The molecule has 0 amide bonds. The first-order valence-electron chi connectivity index (χ1n) is 7.51. The average Bonchev–Trinajstić information content (AvgIpc) is 3.27. The molecule has 3 N–H and O–H groups in total. The van der Waals surface area contributed by atoms with Crippen LogP contribution in [0.15, 0.2) is 40.4 Å². The van der Waals surface area contributed by atoms with Gasteiger partial charge in [0.05, 0.1) is 16.9 Å². The van der Waals surface area contributed by atoms with E-state index in [1.807, 2.05) is 0 Å². The molecule has 2 aromatic rings. The van der Waals surface area contributed by atoms with Crippen LogP contribution in [0.4, 0.5) is 0 Å². The summed E-state index contributed by atoms with van der Waals surface area (Å²) < 4.78 is 5.12. The molecule has 10 nitrogen and oxygen atoms in total. The van der Waals surface area contributed by atoms with Crippen LogP contribution in [0.25, 0.3) is 0 Å². The second-order valence-corrected chi connectivity index (χ2v) is 6.82. The number of nitrogens with zero attached hydrogens (tertiary/aromatic N) is 4. The van der Waals surface area contributed by atoms with E-state index >= 15 is 0 Å². The Kier molecular flexibility index (Phi) is 8.69. The van der Waals surface area contributed by atoms with Gasteiger partial charge >= 0.3 is 0 Å². The van der Waals surface area contributed by atoms with Crippen LogP contribution in [-0.4, -0.2) is 49.7 Å². The minimum absolute atomic E-state index is 0.409. The molecule has 0 fully saturated rings. The monoisotopic (exact) mass is 385 g/mol. The first-order valence-corrected chi connectivity index (χ1v) is 9.65. The quantitative estimate of drug-likeness (QED) is 0.201. The number of oxazole rings is 1. The lowest BCUT2D eigenvalue weighted by molar-refractivity contribution is -0.404. The van der Waals surface area contributed by atoms with Gasteiger partial charge in [0.15, 0.2) is 5.82 Å². The fourth-order valence-corrected chi connectivity index (χ4v) is 3.17. The third-order valence-corrected chi connectivity index (χ3v) is 4.68. The molecule has 2 rings (SSSR count). The highest BCUT2D eigenvalue weighted by Crippen LogP contribution is 2.15. The van der Waals surface area contributed by atoms with E-state index in [1.165, 1.54) is 24.4 Å². The van der Waals surface area contributed by atoms with E-state index in [2.05, 4.69) is 30.8 Å². The molecule has 0 aliphatic heterocycles. The lowest BCUT2D eigenvalue weighted by Gasteiger charge is -2.10. The van der Waals surface area contributed by atoms with Crippen LogP contribution in [-0.2, 0) is 5.75 Å². The van der Waals surface area contributed by atoms with Crippen molar-refractivity contribution in [2.45, 2.75) is 17.4 Å². The topological polar surface area (TPSA) is 135 Å². The van der Waals surface area contributed by atoms with E-state index in [0.717, 1.165) is 35.7 Å². The van der Waals surface area contributed by atoms with Gasteiger partial charge in [0.1, 0.15) is 18.4 Å². The molecule has 12 heteroatoms. The normalized spacial score (nSPS) is 11.4. The molecule has 0 bridgehead atoms. The number of H-pyrrole nitrogens is 1. The lowest BCUT2D eigenvalue weighted by Crippen LogP contribution is -2.29. The number of hydrogen-bond donors (Lipinski definition) is 3. The maximum absolute atomic E-state index is 10.7. The Morgan fingerprint density at radius 2 is 2.24 bits per heavy atom. The summed E-state index contributed by atoms with van der Waals surface area (Å²) in [6.07, 6.45) is 6.37. The van der Waals surface area contributed by atoms with Crippen molar-refractivity contribution in [3.05, 3.63) is 46.7 Å². The third kappa shape index (κ3) is 8.44. The molecule has 0 unspecified atom stereocenters. The summed E-state index contributed by atoms with van der Waals surface area (Å²) >= 11 is 3.17. The molecule has 0 aliphatic carbocycles. The van der Waals surface area contributed by atoms with Crippen molar-refractivity contribution in [2.24, 2.45) is 0 Å². The number of nitro groups is 1. The Morgan fingerprint density at radius 3 is 2.96 bits per heavy atom. The standard InChI is InChI=1S/C13H19N7O3S2/c21-20(22)8-11(14-2-1-6-25-13-16-3-5-23-13)15-4-7-24-9-12-17-10-18-19-12/h3,5,8,10,14-15H,1-2,4,6-7,9H2,(H,17,18,19). The van der Waals surface area contributed by atoms with E-state index < -0.39 is 4.92 Å². The number of nitrogens with one attached hydrogen (secondary N) is 3. The Balaban J connectivity index is 1.58. The molecule has 0 radical (unpaired) electrons. The van der Waals surface area contributed by atoms with Gasteiger partial charge in [-0.3, -0.25) is 15.2 Å². The van der Waals surface area contributed by atoms with E-state index in [-0.39, 0.29) is 0 Å². The Hall–Kier alpha value is -2.21. The van der Waals surface area contributed by atoms with Crippen LogP contribution >= 0.6 is 23.5 Å². The number of hydrogen-bond acceptors (Lipinski definition) is 10. The fourth-order valence-electron chi connectivity index (χ4n) is 1.72. The highest BCUT2D eigenvalue weighted by Gasteiger charge is 2.03. The highest BCUT2D eigenvalue weighted by atomic mass is 32.2. The fraction of sp³-hybridized carbons (Fsp3) is 0.462.